The van der Waals surface area contributed by atoms with Gasteiger partial charge in [-0.1, -0.05) is 12.1 Å². The highest BCUT2D eigenvalue weighted by Gasteiger charge is 2.37. The van der Waals surface area contributed by atoms with Gasteiger partial charge in [-0.25, -0.2) is 18.2 Å². The summed E-state index contributed by atoms with van der Waals surface area (Å²) in [5.41, 5.74) is -0.519. The van der Waals surface area contributed by atoms with Crippen LogP contribution in [0.1, 0.15) is 15.9 Å². The Balaban J connectivity index is 1.99. The van der Waals surface area contributed by atoms with E-state index in [0.717, 1.165) is 13.2 Å². The van der Waals surface area contributed by atoms with E-state index in [4.69, 9.17) is 5.11 Å². The minimum absolute atomic E-state index is 0.00459. The van der Waals surface area contributed by atoms with Crippen LogP contribution in [0.3, 0.4) is 0 Å². The molecule has 2 aromatic rings. The number of amides is 1. The van der Waals surface area contributed by atoms with Crippen molar-refractivity contribution in [3.63, 3.8) is 0 Å². The number of aliphatic hydroxyl groups excluding tert-OH is 1. The predicted octanol–water partition coefficient (Wildman–Crippen LogP) is 1.28. The number of benzene rings is 1. The summed E-state index contributed by atoms with van der Waals surface area (Å²) < 4.78 is 25.8. The average Bonchev–Trinajstić information content (AvgIpc) is 2.61. The molecule has 1 amide bonds. The van der Waals surface area contributed by atoms with Gasteiger partial charge in [0.15, 0.2) is 11.5 Å². The lowest BCUT2D eigenvalue weighted by Crippen LogP contribution is -2.37. The number of hydrogen-bond donors (Lipinski definition) is 3. The van der Waals surface area contributed by atoms with E-state index in [1.165, 1.54) is 36.4 Å². The van der Waals surface area contributed by atoms with Crippen LogP contribution in [0.2, 0.25) is 0 Å². The largest absolute Gasteiger partial charge is 0.505 e. The second-order valence-corrected chi connectivity index (χ2v) is 7.29. The van der Waals surface area contributed by atoms with Crippen LogP contribution in [0.4, 0.5) is 5.82 Å². The number of anilines is 1. The van der Waals surface area contributed by atoms with Gasteiger partial charge in [-0.15, -0.1) is 0 Å². The fraction of sp³-hybridized carbons (Fsp3) is 0.0625. The molecule has 10 heteroatoms. The summed E-state index contributed by atoms with van der Waals surface area (Å²) in [6, 6.07) is 8.26. The zero-order valence-corrected chi connectivity index (χ0v) is 14.2. The van der Waals surface area contributed by atoms with E-state index in [1.807, 2.05) is 0 Å². The molecule has 0 saturated heterocycles. The molecule has 26 heavy (non-hydrogen) atoms. The molecule has 1 aliphatic rings. The highest BCUT2D eigenvalue weighted by atomic mass is 32.2. The fourth-order valence-electron chi connectivity index (χ4n) is 2.45. The number of rotatable bonds is 3. The number of nitrogens with zero attached hydrogens (tertiary/aromatic N) is 2. The molecule has 0 saturated carbocycles. The van der Waals surface area contributed by atoms with Crippen LogP contribution in [0.15, 0.2) is 53.2 Å². The second kappa shape index (κ2) is 6.15. The van der Waals surface area contributed by atoms with Crippen molar-refractivity contribution in [2.24, 2.45) is 0 Å². The van der Waals surface area contributed by atoms with Gasteiger partial charge in [0, 0.05) is 18.8 Å². The summed E-state index contributed by atoms with van der Waals surface area (Å²) in [5, 5.41) is 21.6. The number of carboxylic acids is 1. The third-order valence-electron chi connectivity index (χ3n) is 3.79. The van der Waals surface area contributed by atoms with Gasteiger partial charge in [-0.3, -0.25) is 9.10 Å². The highest BCUT2D eigenvalue weighted by molar-refractivity contribution is 7.89. The second-order valence-electron chi connectivity index (χ2n) is 5.36. The van der Waals surface area contributed by atoms with Gasteiger partial charge in [0.25, 0.3) is 15.9 Å². The molecular weight excluding hydrogens is 362 g/mol. The summed E-state index contributed by atoms with van der Waals surface area (Å²) in [4.78, 5) is 27.0. The van der Waals surface area contributed by atoms with Crippen LogP contribution in [0.25, 0.3) is 5.76 Å². The van der Waals surface area contributed by atoms with Gasteiger partial charge >= 0.3 is 5.97 Å². The topological polar surface area (TPSA) is 137 Å². The number of carbonyl (C=O) groups excluding carboxylic acids is 1. The maximum absolute atomic E-state index is 12.6. The van der Waals surface area contributed by atoms with Crippen molar-refractivity contribution in [2.75, 3.05) is 12.4 Å². The molecule has 0 fully saturated rings. The van der Waals surface area contributed by atoms with E-state index in [1.54, 1.807) is 0 Å². The first-order chi connectivity index (χ1) is 12.2. The van der Waals surface area contributed by atoms with E-state index < -0.39 is 33.4 Å². The van der Waals surface area contributed by atoms with Gasteiger partial charge in [-0.2, -0.15) is 0 Å². The molecule has 0 spiro atoms. The summed E-state index contributed by atoms with van der Waals surface area (Å²) in [5.74, 6) is -2.56. The molecule has 3 rings (SSSR count). The Labute approximate surface area is 148 Å². The van der Waals surface area contributed by atoms with Gasteiger partial charge < -0.3 is 15.5 Å². The quantitative estimate of drug-likeness (QED) is 0.735. The first kappa shape index (κ1) is 17.4. The standard InChI is InChI=1S/C16H13N3O6S/c1-19-13(14(20)10-4-2-3-5-11(10)26(19,24)25)15(21)18-12-7-6-9(8-17-12)16(22)23/h2-8,20H,1H3,(H,22,23)(H,17,18,21). The number of nitrogens with one attached hydrogen (secondary N) is 1. The Bertz CT molecular complexity index is 1040. The van der Waals surface area contributed by atoms with Gasteiger partial charge in [-0.05, 0) is 24.3 Å². The Morgan fingerprint density at radius 2 is 1.85 bits per heavy atom. The van der Waals surface area contributed by atoms with Crippen LogP contribution in [0, 0.1) is 0 Å². The number of aliphatic hydroxyl groups is 1. The number of fused-ring (bicyclic) bond motifs is 1. The third kappa shape index (κ3) is 2.75. The van der Waals surface area contributed by atoms with E-state index in [2.05, 4.69) is 10.3 Å². The van der Waals surface area contributed by atoms with Crippen molar-refractivity contribution in [2.45, 2.75) is 4.90 Å². The van der Waals surface area contributed by atoms with Crippen molar-refractivity contribution in [3.05, 3.63) is 59.4 Å². The van der Waals surface area contributed by atoms with Crippen molar-refractivity contribution in [3.8, 4) is 0 Å². The van der Waals surface area contributed by atoms with Gasteiger partial charge in [0.05, 0.1) is 10.5 Å². The first-order valence-corrected chi connectivity index (χ1v) is 8.69. The number of likely N-dealkylation sites (N-methyl/N-ethyl adjacent to an activating group) is 1. The average molecular weight is 375 g/mol. The molecule has 1 aromatic heterocycles. The number of pyridine rings is 1. The summed E-state index contributed by atoms with van der Waals surface area (Å²) in [7, 11) is -2.85. The molecule has 0 radical (unpaired) electrons. The molecule has 1 aromatic carbocycles. The number of aromatic carboxylic acids is 1. The SMILES string of the molecule is CN1C(C(=O)Nc2ccc(C(=O)O)cn2)=C(O)c2ccccc2S1(=O)=O. The molecule has 1 aliphatic heterocycles. The summed E-state index contributed by atoms with van der Waals surface area (Å²) in [6.45, 7) is 0. The van der Waals surface area contributed by atoms with Gasteiger partial charge in [0.2, 0.25) is 0 Å². The molecule has 0 unspecified atom stereocenters. The lowest BCUT2D eigenvalue weighted by Gasteiger charge is -2.28. The highest BCUT2D eigenvalue weighted by Crippen LogP contribution is 2.34. The van der Waals surface area contributed by atoms with E-state index in [0.29, 0.717) is 4.31 Å². The Kier molecular flexibility index (Phi) is 4.12. The van der Waals surface area contributed by atoms with Crippen LogP contribution < -0.4 is 5.32 Å². The zero-order chi connectivity index (χ0) is 19.1. The molecule has 134 valence electrons. The Hall–Kier alpha value is -3.40. The minimum Gasteiger partial charge on any atom is -0.505 e. The van der Waals surface area contributed by atoms with Crippen molar-refractivity contribution < 1.29 is 28.2 Å². The Morgan fingerprint density at radius 1 is 1.15 bits per heavy atom. The first-order valence-electron chi connectivity index (χ1n) is 7.25. The maximum atomic E-state index is 12.6. The molecule has 0 atom stereocenters. The molecule has 2 heterocycles. The van der Waals surface area contributed by atoms with Gasteiger partial charge in [0.1, 0.15) is 5.82 Å². The molecule has 9 nitrogen and oxygen atoms in total. The third-order valence-corrected chi connectivity index (χ3v) is 5.60. The van der Waals surface area contributed by atoms with Crippen LogP contribution in [0.5, 0.6) is 0 Å². The normalized spacial score (nSPS) is 15.3. The van der Waals surface area contributed by atoms with E-state index >= 15 is 0 Å². The van der Waals surface area contributed by atoms with Crippen LogP contribution in [-0.2, 0) is 14.8 Å². The number of hydrogen-bond acceptors (Lipinski definition) is 6. The predicted molar refractivity (Wildman–Crippen MR) is 90.8 cm³/mol. The molecule has 0 bridgehead atoms. The number of aromatic nitrogens is 1. The maximum Gasteiger partial charge on any atom is 0.337 e. The monoisotopic (exact) mass is 375 g/mol. The van der Waals surface area contributed by atoms with Crippen molar-refractivity contribution in [1.82, 2.24) is 9.29 Å². The Morgan fingerprint density at radius 3 is 2.46 bits per heavy atom. The minimum atomic E-state index is -4.00. The number of sulfonamides is 1. The molecule has 0 aliphatic carbocycles. The van der Waals surface area contributed by atoms with Crippen molar-refractivity contribution >= 4 is 33.5 Å². The van der Waals surface area contributed by atoms with Crippen molar-refractivity contribution in [1.29, 1.82) is 0 Å². The lowest BCUT2D eigenvalue weighted by atomic mass is 10.1. The zero-order valence-electron chi connectivity index (χ0n) is 13.4. The van der Waals surface area contributed by atoms with E-state index in [-0.39, 0.29) is 21.8 Å². The summed E-state index contributed by atoms with van der Waals surface area (Å²) >= 11 is 0. The van der Waals surface area contributed by atoms with Crippen LogP contribution >= 0.6 is 0 Å². The van der Waals surface area contributed by atoms with E-state index in [9.17, 15) is 23.1 Å². The van der Waals surface area contributed by atoms with Crippen LogP contribution in [-0.4, -0.2) is 46.8 Å². The number of carbonyl (C=O) groups is 2. The molecule has 3 N–H and O–H groups in total. The molecular formula is C16H13N3O6S. The lowest BCUT2D eigenvalue weighted by molar-refractivity contribution is -0.113. The fourth-order valence-corrected chi connectivity index (χ4v) is 3.85. The summed E-state index contributed by atoms with van der Waals surface area (Å²) in [6.07, 6.45) is 1.04. The smallest absolute Gasteiger partial charge is 0.337 e. The number of carboxylic acid groups (broad SMARTS) is 1.